The van der Waals surface area contributed by atoms with Gasteiger partial charge in [0.25, 0.3) is 0 Å². The van der Waals surface area contributed by atoms with Crippen LogP contribution in [0, 0.1) is 34.6 Å². The summed E-state index contributed by atoms with van der Waals surface area (Å²) in [5, 5.41) is 5.90. The van der Waals surface area contributed by atoms with Crippen LogP contribution in [0.4, 0.5) is 11.4 Å². The van der Waals surface area contributed by atoms with Gasteiger partial charge in [-0.2, -0.15) is 0 Å². The maximum Gasteiger partial charge on any atom is 0.237 e. The zero-order valence-electron chi connectivity index (χ0n) is 18.3. The standard InChI is InChI=1S/C24H32N2O2S/c1-15-13-18(4)23(19(5)14-15)25-21(27)11-8-12-29-20(6)24(28)26-22-16(2)9-7-10-17(22)3/h7,9-10,13-14,20H,8,11-12H2,1-6H3,(H,25,27)(H,26,28). The number of benzene rings is 2. The molecular weight excluding hydrogens is 380 g/mol. The van der Waals surface area contributed by atoms with Crippen LogP contribution in [-0.4, -0.2) is 22.8 Å². The van der Waals surface area contributed by atoms with Gasteiger partial charge in [-0.25, -0.2) is 0 Å². The van der Waals surface area contributed by atoms with Crippen molar-refractivity contribution in [1.29, 1.82) is 0 Å². The van der Waals surface area contributed by atoms with Crippen molar-refractivity contribution in [1.82, 2.24) is 0 Å². The number of aryl methyl sites for hydroxylation is 5. The first-order chi connectivity index (χ1) is 13.7. The zero-order valence-corrected chi connectivity index (χ0v) is 19.1. The van der Waals surface area contributed by atoms with Crippen molar-refractivity contribution in [2.24, 2.45) is 0 Å². The lowest BCUT2D eigenvalue weighted by molar-refractivity contribution is -0.116. The highest BCUT2D eigenvalue weighted by Crippen LogP contribution is 2.23. The largest absolute Gasteiger partial charge is 0.326 e. The minimum atomic E-state index is -0.168. The Balaban J connectivity index is 1.77. The number of hydrogen-bond acceptors (Lipinski definition) is 3. The van der Waals surface area contributed by atoms with Crippen molar-refractivity contribution in [2.75, 3.05) is 16.4 Å². The van der Waals surface area contributed by atoms with Gasteiger partial charge in [-0.05, 0) is 76.0 Å². The van der Waals surface area contributed by atoms with E-state index in [1.54, 1.807) is 11.8 Å². The number of carbonyl (C=O) groups is 2. The van der Waals surface area contributed by atoms with Crippen molar-refractivity contribution >= 4 is 35.0 Å². The number of rotatable bonds is 8. The molecule has 0 aromatic heterocycles. The molecule has 2 N–H and O–H groups in total. The number of thioether (sulfide) groups is 1. The molecule has 0 saturated heterocycles. The number of amides is 2. The lowest BCUT2D eigenvalue weighted by Crippen LogP contribution is -2.24. The molecule has 0 radical (unpaired) electrons. The normalized spacial score (nSPS) is 11.8. The van der Waals surface area contributed by atoms with E-state index >= 15 is 0 Å². The van der Waals surface area contributed by atoms with Crippen molar-refractivity contribution in [3.63, 3.8) is 0 Å². The molecule has 0 saturated carbocycles. The fourth-order valence-electron chi connectivity index (χ4n) is 3.38. The van der Waals surface area contributed by atoms with Crippen molar-refractivity contribution in [2.45, 2.75) is 59.6 Å². The average Bonchev–Trinajstić information content (AvgIpc) is 2.64. The Bertz CT molecular complexity index is 849. The Hall–Kier alpha value is -2.27. The molecule has 5 heteroatoms. The van der Waals surface area contributed by atoms with E-state index in [1.807, 2.05) is 52.8 Å². The molecular formula is C24H32N2O2S. The van der Waals surface area contributed by atoms with E-state index in [-0.39, 0.29) is 17.1 Å². The second-order valence-electron chi connectivity index (χ2n) is 7.69. The smallest absolute Gasteiger partial charge is 0.237 e. The van der Waals surface area contributed by atoms with E-state index in [0.717, 1.165) is 45.8 Å². The molecule has 2 aromatic rings. The molecule has 0 aliphatic rings. The molecule has 0 spiro atoms. The molecule has 0 aliphatic carbocycles. The summed E-state index contributed by atoms with van der Waals surface area (Å²) in [6, 6.07) is 10.1. The molecule has 2 aromatic carbocycles. The predicted molar refractivity (Wildman–Crippen MR) is 125 cm³/mol. The minimum Gasteiger partial charge on any atom is -0.326 e. The van der Waals surface area contributed by atoms with Crippen LogP contribution in [-0.2, 0) is 9.59 Å². The third kappa shape index (κ3) is 6.64. The predicted octanol–water partition coefficient (Wildman–Crippen LogP) is 5.71. The number of hydrogen-bond donors (Lipinski definition) is 2. The van der Waals surface area contributed by atoms with Gasteiger partial charge in [-0.1, -0.05) is 35.9 Å². The highest BCUT2D eigenvalue weighted by molar-refractivity contribution is 8.00. The Morgan fingerprint density at radius 3 is 2.03 bits per heavy atom. The summed E-state index contributed by atoms with van der Waals surface area (Å²) < 4.78 is 0. The molecule has 2 rings (SSSR count). The van der Waals surface area contributed by atoms with Crippen molar-refractivity contribution in [3.8, 4) is 0 Å². The van der Waals surface area contributed by atoms with Crippen LogP contribution in [0.2, 0.25) is 0 Å². The Labute approximate surface area is 178 Å². The van der Waals surface area contributed by atoms with E-state index in [2.05, 4.69) is 29.7 Å². The van der Waals surface area contributed by atoms with Crippen LogP contribution < -0.4 is 10.6 Å². The lowest BCUT2D eigenvalue weighted by Gasteiger charge is -2.15. The van der Waals surface area contributed by atoms with Gasteiger partial charge in [0, 0.05) is 17.8 Å². The van der Waals surface area contributed by atoms with Crippen LogP contribution >= 0.6 is 11.8 Å². The highest BCUT2D eigenvalue weighted by atomic mass is 32.2. The summed E-state index contributed by atoms with van der Waals surface area (Å²) >= 11 is 1.58. The molecule has 4 nitrogen and oxygen atoms in total. The molecule has 0 aliphatic heterocycles. The first kappa shape index (κ1) is 23.0. The SMILES string of the molecule is Cc1cc(C)c(NC(=O)CCCSC(C)C(=O)Nc2c(C)cccc2C)c(C)c1. The molecule has 1 atom stereocenters. The van der Waals surface area contributed by atoms with Crippen molar-refractivity contribution < 1.29 is 9.59 Å². The third-order valence-electron chi connectivity index (χ3n) is 4.96. The maximum atomic E-state index is 12.5. The van der Waals surface area contributed by atoms with Gasteiger partial charge in [0.2, 0.25) is 11.8 Å². The van der Waals surface area contributed by atoms with E-state index in [0.29, 0.717) is 6.42 Å². The molecule has 2 amide bonds. The molecule has 156 valence electrons. The molecule has 0 fully saturated rings. The second-order valence-corrected chi connectivity index (χ2v) is 9.14. The first-order valence-corrected chi connectivity index (χ1v) is 11.1. The fraction of sp³-hybridized carbons (Fsp3) is 0.417. The molecule has 0 heterocycles. The summed E-state index contributed by atoms with van der Waals surface area (Å²) in [5.41, 5.74) is 7.30. The van der Waals surface area contributed by atoms with Gasteiger partial charge in [-0.15, -0.1) is 11.8 Å². The summed E-state index contributed by atoms with van der Waals surface area (Å²) in [7, 11) is 0. The maximum absolute atomic E-state index is 12.5. The number of para-hydroxylation sites is 1. The Morgan fingerprint density at radius 2 is 1.45 bits per heavy atom. The van der Waals surface area contributed by atoms with Gasteiger partial charge in [-0.3, -0.25) is 9.59 Å². The number of carbonyl (C=O) groups excluding carboxylic acids is 2. The number of nitrogens with one attached hydrogen (secondary N) is 2. The van der Waals surface area contributed by atoms with Crippen molar-refractivity contribution in [3.05, 3.63) is 58.1 Å². The van der Waals surface area contributed by atoms with E-state index in [1.165, 1.54) is 5.56 Å². The first-order valence-electron chi connectivity index (χ1n) is 10.1. The van der Waals surface area contributed by atoms with E-state index in [4.69, 9.17) is 0 Å². The van der Waals surface area contributed by atoms with Crippen LogP contribution in [0.15, 0.2) is 30.3 Å². The Kier molecular flexibility index (Phi) is 8.32. The van der Waals surface area contributed by atoms with Gasteiger partial charge < -0.3 is 10.6 Å². The topological polar surface area (TPSA) is 58.2 Å². The van der Waals surface area contributed by atoms with E-state index < -0.39 is 0 Å². The molecule has 0 bridgehead atoms. The van der Waals surface area contributed by atoms with Gasteiger partial charge >= 0.3 is 0 Å². The highest BCUT2D eigenvalue weighted by Gasteiger charge is 2.16. The Morgan fingerprint density at radius 1 is 0.897 bits per heavy atom. The quantitative estimate of drug-likeness (QED) is 0.546. The van der Waals surface area contributed by atoms with Crippen LogP contribution in [0.1, 0.15) is 47.6 Å². The van der Waals surface area contributed by atoms with Gasteiger partial charge in [0.1, 0.15) is 0 Å². The second kappa shape index (κ2) is 10.5. The average molecular weight is 413 g/mol. The summed E-state index contributed by atoms with van der Waals surface area (Å²) in [6.07, 6.45) is 1.19. The zero-order chi connectivity index (χ0) is 21.6. The summed E-state index contributed by atoms with van der Waals surface area (Å²) in [5.74, 6) is 0.789. The minimum absolute atomic E-state index is 0.00255. The molecule has 1 unspecified atom stereocenters. The number of anilines is 2. The van der Waals surface area contributed by atoms with Gasteiger partial charge in [0.15, 0.2) is 0 Å². The lowest BCUT2D eigenvalue weighted by atomic mass is 10.0. The van der Waals surface area contributed by atoms with Gasteiger partial charge in [0.05, 0.1) is 5.25 Å². The van der Waals surface area contributed by atoms with Crippen LogP contribution in [0.25, 0.3) is 0 Å². The third-order valence-corrected chi connectivity index (χ3v) is 6.19. The fourth-order valence-corrected chi connectivity index (χ4v) is 4.26. The van der Waals surface area contributed by atoms with Crippen LogP contribution in [0.3, 0.4) is 0 Å². The monoisotopic (exact) mass is 412 g/mol. The van der Waals surface area contributed by atoms with E-state index in [9.17, 15) is 9.59 Å². The summed E-state index contributed by atoms with van der Waals surface area (Å²) in [6.45, 7) is 12.0. The summed E-state index contributed by atoms with van der Waals surface area (Å²) in [4.78, 5) is 24.8. The molecule has 29 heavy (non-hydrogen) atoms. The van der Waals surface area contributed by atoms with Crippen LogP contribution in [0.5, 0.6) is 0 Å².